The summed E-state index contributed by atoms with van der Waals surface area (Å²) in [6.07, 6.45) is -0.394. The Bertz CT molecular complexity index is 1590. The zero-order valence-corrected chi connectivity index (χ0v) is 24.4. The molecule has 0 fully saturated rings. The Labute approximate surface area is 255 Å². The van der Waals surface area contributed by atoms with Gasteiger partial charge in [0.25, 0.3) is 11.8 Å². The van der Waals surface area contributed by atoms with Gasteiger partial charge in [-0.05, 0) is 66.9 Å². The molecule has 0 saturated carbocycles. The maximum atomic E-state index is 13.6. The molecule has 3 aromatic carbocycles. The van der Waals surface area contributed by atoms with Gasteiger partial charge < -0.3 is 19.8 Å². The number of imide groups is 1. The van der Waals surface area contributed by atoms with E-state index in [1.807, 2.05) is 0 Å². The molecule has 224 valence electrons. The monoisotopic (exact) mass is 631 g/mol. The fourth-order valence-electron chi connectivity index (χ4n) is 4.24. The zero-order chi connectivity index (χ0) is 31.3. The second-order valence-corrected chi connectivity index (χ2v) is 10.2. The van der Waals surface area contributed by atoms with E-state index < -0.39 is 29.7 Å². The number of benzene rings is 3. The summed E-state index contributed by atoms with van der Waals surface area (Å²) in [6.45, 7) is 2.15. The number of rotatable bonds is 9. The smallest absolute Gasteiger partial charge is 0.416 e. The van der Waals surface area contributed by atoms with E-state index in [1.54, 1.807) is 36.1 Å². The van der Waals surface area contributed by atoms with E-state index in [0.29, 0.717) is 40.4 Å². The molecular formula is C29H25Cl2F2N5O5. The number of halogens is 4. The molecule has 1 heterocycles. The van der Waals surface area contributed by atoms with Crippen LogP contribution < -0.4 is 15.6 Å². The molecule has 0 saturated heterocycles. The second-order valence-electron chi connectivity index (χ2n) is 9.34. The van der Waals surface area contributed by atoms with Gasteiger partial charge in [-0.15, -0.1) is 0 Å². The Morgan fingerprint density at radius 3 is 2.49 bits per heavy atom. The van der Waals surface area contributed by atoms with E-state index in [2.05, 4.69) is 10.9 Å². The number of hydrogen-bond donors (Lipinski definition) is 2. The van der Waals surface area contributed by atoms with Crippen molar-refractivity contribution in [2.75, 3.05) is 25.6 Å². The lowest BCUT2D eigenvalue weighted by molar-refractivity contribution is -0.129. The summed E-state index contributed by atoms with van der Waals surface area (Å²) in [5.41, 5.74) is 7.15. The molecule has 0 bridgehead atoms. The van der Waals surface area contributed by atoms with Gasteiger partial charge in [0.2, 0.25) is 0 Å². The van der Waals surface area contributed by atoms with Gasteiger partial charge >= 0.3 is 6.09 Å². The van der Waals surface area contributed by atoms with E-state index in [4.69, 9.17) is 32.7 Å². The molecular weight excluding hydrogens is 607 g/mol. The molecule has 14 heteroatoms. The second kappa shape index (κ2) is 13.7. The third-order valence-electron chi connectivity index (χ3n) is 6.43. The first-order valence-corrected chi connectivity index (χ1v) is 13.7. The minimum atomic E-state index is -1.44. The van der Waals surface area contributed by atoms with Crippen LogP contribution in [0.15, 0.2) is 48.5 Å². The van der Waals surface area contributed by atoms with Crippen molar-refractivity contribution in [1.82, 2.24) is 15.2 Å². The summed E-state index contributed by atoms with van der Waals surface area (Å²) in [6, 6.07) is 11.6. The number of carbonyl (C=O) groups is 3. The third kappa shape index (κ3) is 7.32. The van der Waals surface area contributed by atoms with Crippen LogP contribution in [0.5, 0.6) is 11.5 Å². The van der Waals surface area contributed by atoms with Crippen molar-refractivity contribution in [2.24, 2.45) is 0 Å². The van der Waals surface area contributed by atoms with Gasteiger partial charge in [-0.3, -0.25) is 9.59 Å². The molecule has 1 atom stereocenters. The molecule has 2 N–H and O–H groups in total. The van der Waals surface area contributed by atoms with Crippen LogP contribution in [0.3, 0.4) is 0 Å². The summed E-state index contributed by atoms with van der Waals surface area (Å²) in [4.78, 5) is 39.5. The first kappa shape index (κ1) is 31.5. The average Bonchev–Trinajstić information content (AvgIpc) is 2.98. The van der Waals surface area contributed by atoms with Crippen molar-refractivity contribution in [3.63, 3.8) is 0 Å². The van der Waals surface area contributed by atoms with E-state index in [0.717, 1.165) is 17.7 Å². The van der Waals surface area contributed by atoms with E-state index >= 15 is 0 Å². The SMILES string of the molecule is CCOC(=O)N(C)C(=O)C(C#N)NNc1cc(Cl)c(Oc2ccc3c(c2)CCN(Cc2ccc(F)c(F)c2)C3=O)c(Cl)c1. The quantitative estimate of drug-likeness (QED) is 0.289. The van der Waals surface area contributed by atoms with Crippen LogP contribution in [0.1, 0.15) is 28.4 Å². The molecule has 1 unspecified atom stereocenters. The lowest BCUT2D eigenvalue weighted by Gasteiger charge is -2.29. The summed E-state index contributed by atoms with van der Waals surface area (Å²) < 4.78 is 37.6. The first-order valence-electron chi connectivity index (χ1n) is 12.9. The number of nitriles is 1. The van der Waals surface area contributed by atoms with Crippen molar-refractivity contribution >= 4 is 46.8 Å². The largest absolute Gasteiger partial charge is 0.454 e. The molecule has 0 spiro atoms. The predicted octanol–water partition coefficient (Wildman–Crippen LogP) is 5.69. The Kier molecular flexibility index (Phi) is 10.0. The lowest BCUT2D eigenvalue weighted by Crippen LogP contribution is -2.48. The molecule has 1 aliphatic heterocycles. The molecule has 0 aromatic heterocycles. The number of hydrazine groups is 1. The van der Waals surface area contributed by atoms with Crippen LogP contribution in [0, 0.1) is 23.0 Å². The van der Waals surface area contributed by atoms with Crippen molar-refractivity contribution in [2.45, 2.75) is 25.9 Å². The number of anilines is 1. The molecule has 3 amide bonds. The van der Waals surface area contributed by atoms with Gasteiger partial charge in [-0.1, -0.05) is 29.3 Å². The topological polar surface area (TPSA) is 124 Å². The Morgan fingerprint density at radius 1 is 1.12 bits per heavy atom. The van der Waals surface area contributed by atoms with Crippen molar-refractivity contribution in [3.05, 3.63) is 86.9 Å². The maximum absolute atomic E-state index is 13.6. The van der Waals surface area contributed by atoms with Crippen LogP contribution in [-0.2, 0) is 22.5 Å². The van der Waals surface area contributed by atoms with E-state index in [1.165, 1.54) is 25.2 Å². The van der Waals surface area contributed by atoms with Crippen molar-refractivity contribution in [1.29, 1.82) is 5.26 Å². The molecule has 10 nitrogen and oxygen atoms in total. The highest BCUT2D eigenvalue weighted by atomic mass is 35.5. The van der Waals surface area contributed by atoms with Gasteiger partial charge in [0, 0.05) is 25.7 Å². The van der Waals surface area contributed by atoms with Gasteiger partial charge in [-0.25, -0.2) is 23.9 Å². The molecule has 0 radical (unpaired) electrons. The Balaban J connectivity index is 1.41. The fourth-order valence-corrected chi connectivity index (χ4v) is 4.81. The van der Waals surface area contributed by atoms with Crippen molar-refractivity contribution in [3.8, 4) is 17.6 Å². The Hall–Kier alpha value is -4.44. The summed E-state index contributed by atoms with van der Waals surface area (Å²) in [7, 11) is 1.19. The summed E-state index contributed by atoms with van der Waals surface area (Å²) in [5.74, 6) is -2.51. The molecule has 1 aliphatic rings. The number of carbonyl (C=O) groups excluding carboxylic acids is 3. The zero-order valence-electron chi connectivity index (χ0n) is 22.9. The Morgan fingerprint density at radius 2 is 1.84 bits per heavy atom. The van der Waals surface area contributed by atoms with Crippen LogP contribution in [-0.4, -0.2) is 53.9 Å². The van der Waals surface area contributed by atoms with Gasteiger partial charge in [0.05, 0.1) is 28.4 Å². The molecule has 3 aromatic rings. The lowest BCUT2D eigenvalue weighted by atomic mass is 9.98. The van der Waals surface area contributed by atoms with Gasteiger partial charge in [-0.2, -0.15) is 5.26 Å². The third-order valence-corrected chi connectivity index (χ3v) is 6.99. The first-order chi connectivity index (χ1) is 20.5. The van der Waals surface area contributed by atoms with Crippen LogP contribution in [0.25, 0.3) is 0 Å². The normalized spacial score (nSPS) is 13.0. The fraction of sp³-hybridized carbons (Fsp3) is 0.241. The minimum absolute atomic E-state index is 0.0646. The average molecular weight is 632 g/mol. The number of amides is 3. The number of hydrogen-bond acceptors (Lipinski definition) is 8. The highest BCUT2D eigenvalue weighted by Gasteiger charge is 2.27. The van der Waals surface area contributed by atoms with E-state index in [9.17, 15) is 28.4 Å². The summed E-state index contributed by atoms with van der Waals surface area (Å²) in [5, 5.41) is 9.59. The molecule has 43 heavy (non-hydrogen) atoms. The number of fused-ring (bicyclic) bond motifs is 1. The molecule has 4 rings (SSSR count). The minimum Gasteiger partial charge on any atom is -0.454 e. The number of likely N-dealkylation sites (N-methyl/N-ethyl adjacent to an activating group) is 1. The number of nitrogens with zero attached hydrogens (tertiary/aromatic N) is 3. The highest BCUT2D eigenvalue weighted by molar-refractivity contribution is 6.37. The predicted molar refractivity (Wildman–Crippen MR) is 154 cm³/mol. The van der Waals surface area contributed by atoms with E-state index in [-0.39, 0.29) is 34.9 Å². The van der Waals surface area contributed by atoms with Gasteiger partial charge in [0.1, 0.15) is 5.75 Å². The summed E-state index contributed by atoms with van der Waals surface area (Å²) >= 11 is 12.8. The molecule has 0 aliphatic carbocycles. The van der Waals surface area contributed by atoms with Crippen molar-refractivity contribution < 1.29 is 32.6 Å². The van der Waals surface area contributed by atoms with Gasteiger partial charge in [0.15, 0.2) is 23.4 Å². The van der Waals surface area contributed by atoms with Crippen LogP contribution in [0.2, 0.25) is 10.0 Å². The standard InChI is InChI=1S/C29H25Cl2F2N5O5/c1-3-42-29(41)37(2)28(40)25(14-34)36-35-18-12-21(30)26(22(31)13-18)43-19-5-6-20-17(11-19)8-9-38(27(20)39)15-16-4-7-23(32)24(33)10-16/h4-7,10-13,25,35-36H,3,8-9,15H2,1-2H3. The number of nitrogens with one attached hydrogen (secondary N) is 2. The van der Waals surface area contributed by atoms with Crippen LogP contribution >= 0.6 is 23.2 Å². The highest BCUT2D eigenvalue weighted by Crippen LogP contribution is 2.39. The van der Waals surface area contributed by atoms with Crippen LogP contribution in [0.4, 0.5) is 19.3 Å². The number of ether oxygens (including phenoxy) is 2. The maximum Gasteiger partial charge on any atom is 0.416 e.